The van der Waals surface area contributed by atoms with Gasteiger partial charge in [-0.25, -0.2) is 0 Å². The fraction of sp³-hybridized carbons (Fsp3) is 0.385. The second kappa shape index (κ2) is 11.0. The van der Waals surface area contributed by atoms with Gasteiger partial charge in [0.05, 0.1) is 10.6 Å². The molecule has 0 spiro atoms. The van der Waals surface area contributed by atoms with Crippen molar-refractivity contribution < 1.29 is 9.59 Å². The first-order chi connectivity index (χ1) is 16.0. The molecule has 2 heterocycles. The molecule has 4 rings (SSSR count). The average molecular weight is 465 g/mol. The molecule has 2 aromatic carbocycles. The number of anilines is 1. The predicted molar refractivity (Wildman–Crippen MR) is 135 cm³/mol. The molecule has 2 aliphatic rings. The molecule has 0 aromatic heterocycles. The van der Waals surface area contributed by atoms with Gasteiger partial charge in [-0.15, -0.1) is 0 Å². The van der Waals surface area contributed by atoms with Crippen molar-refractivity contribution in [2.24, 2.45) is 0 Å². The number of amides is 2. The number of benzene rings is 2. The Labute approximate surface area is 200 Å². The van der Waals surface area contributed by atoms with Gasteiger partial charge in [-0.3, -0.25) is 14.5 Å². The largest absolute Gasteiger partial charge is 0.355 e. The molecule has 2 aliphatic heterocycles. The van der Waals surface area contributed by atoms with E-state index in [1.54, 1.807) is 4.90 Å². The van der Waals surface area contributed by atoms with Gasteiger partial charge in [-0.2, -0.15) is 0 Å². The molecular formula is C26H32N4O2S. The van der Waals surface area contributed by atoms with Crippen LogP contribution in [0.2, 0.25) is 0 Å². The summed E-state index contributed by atoms with van der Waals surface area (Å²) < 4.78 is 0. The van der Waals surface area contributed by atoms with Crippen molar-refractivity contribution in [1.29, 1.82) is 0 Å². The number of rotatable bonds is 7. The summed E-state index contributed by atoms with van der Waals surface area (Å²) in [5, 5.41) is 3.00. The molecule has 0 atom stereocenters. The summed E-state index contributed by atoms with van der Waals surface area (Å²) >= 11 is 1.46. The molecule has 0 aliphatic carbocycles. The Balaban J connectivity index is 1.37. The zero-order chi connectivity index (χ0) is 23.2. The molecule has 1 saturated heterocycles. The molecule has 0 saturated carbocycles. The fourth-order valence-corrected chi connectivity index (χ4v) is 5.09. The molecule has 0 radical (unpaired) electrons. The van der Waals surface area contributed by atoms with Crippen LogP contribution in [0.5, 0.6) is 0 Å². The van der Waals surface area contributed by atoms with E-state index in [0.29, 0.717) is 11.4 Å². The minimum atomic E-state index is -0.133. The number of fused-ring (bicyclic) bond motifs is 1. The van der Waals surface area contributed by atoms with E-state index in [2.05, 4.69) is 22.2 Å². The molecule has 1 fully saturated rings. The highest BCUT2D eigenvalue weighted by Crippen LogP contribution is 2.41. The molecule has 174 valence electrons. The van der Waals surface area contributed by atoms with E-state index in [0.717, 1.165) is 55.3 Å². The Hall–Kier alpha value is -2.61. The average Bonchev–Trinajstić information content (AvgIpc) is 2.82. The van der Waals surface area contributed by atoms with Gasteiger partial charge in [-0.05, 0) is 50.7 Å². The number of nitrogens with one attached hydrogen (secondary N) is 1. The Kier molecular flexibility index (Phi) is 7.85. The Morgan fingerprint density at radius 1 is 1.06 bits per heavy atom. The number of hydrogen-bond acceptors (Lipinski definition) is 5. The van der Waals surface area contributed by atoms with Crippen molar-refractivity contribution in [1.82, 2.24) is 15.1 Å². The second-order valence-electron chi connectivity index (χ2n) is 8.73. The Morgan fingerprint density at radius 2 is 1.79 bits per heavy atom. The van der Waals surface area contributed by atoms with E-state index in [1.807, 2.05) is 61.5 Å². The molecule has 0 bridgehead atoms. The van der Waals surface area contributed by atoms with Gasteiger partial charge in [-0.1, -0.05) is 53.7 Å². The number of likely N-dealkylation sites (N-methyl/N-ethyl adjacent to an activating group) is 1. The summed E-state index contributed by atoms with van der Waals surface area (Å²) in [6.45, 7) is 8.03. The third-order valence-corrected chi connectivity index (χ3v) is 7.16. The van der Waals surface area contributed by atoms with Gasteiger partial charge in [0.1, 0.15) is 6.54 Å². The smallest absolute Gasteiger partial charge is 0.265 e. The van der Waals surface area contributed by atoms with Crippen LogP contribution in [0.15, 0.2) is 58.3 Å². The van der Waals surface area contributed by atoms with E-state index in [-0.39, 0.29) is 18.4 Å². The van der Waals surface area contributed by atoms with E-state index < -0.39 is 0 Å². The molecule has 33 heavy (non-hydrogen) atoms. The van der Waals surface area contributed by atoms with Crippen LogP contribution in [0.25, 0.3) is 6.08 Å². The third-order valence-electron chi connectivity index (χ3n) is 6.08. The molecule has 2 aromatic rings. The van der Waals surface area contributed by atoms with E-state index in [4.69, 9.17) is 0 Å². The minimum absolute atomic E-state index is 0.0240. The predicted octanol–water partition coefficient (Wildman–Crippen LogP) is 3.23. The van der Waals surface area contributed by atoms with Crippen LogP contribution >= 0.6 is 11.8 Å². The second-order valence-corrected chi connectivity index (χ2v) is 9.81. The van der Waals surface area contributed by atoms with Crippen LogP contribution in [0.1, 0.15) is 17.5 Å². The molecule has 0 unspecified atom stereocenters. The number of nitrogens with zero attached hydrogens (tertiary/aromatic N) is 3. The van der Waals surface area contributed by atoms with Gasteiger partial charge in [0, 0.05) is 37.6 Å². The number of aryl methyl sites for hydroxylation is 1. The summed E-state index contributed by atoms with van der Waals surface area (Å²) in [7, 11) is 2.15. The van der Waals surface area contributed by atoms with Gasteiger partial charge < -0.3 is 15.1 Å². The first kappa shape index (κ1) is 23.5. The van der Waals surface area contributed by atoms with Crippen LogP contribution in [0.3, 0.4) is 0 Å². The van der Waals surface area contributed by atoms with Crippen LogP contribution in [0.4, 0.5) is 5.69 Å². The number of thioether (sulfide) groups is 1. The third kappa shape index (κ3) is 6.25. The zero-order valence-electron chi connectivity index (χ0n) is 19.4. The Morgan fingerprint density at radius 3 is 2.55 bits per heavy atom. The lowest BCUT2D eigenvalue weighted by atomic mass is 10.1. The monoisotopic (exact) mass is 464 g/mol. The standard InChI is InChI=1S/C26H32N4O2S/c1-20-8-10-21(11-9-20)18-24-26(32)30(22-6-3-4-7-23(22)33-24)19-25(31)27-12-5-13-29-16-14-28(2)15-17-29/h3-4,6-11,18H,5,12-17,19H2,1-2H3,(H,27,31)/b24-18+. The highest BCUT2D eigenvalue weighted by atomic mass is 32.2. The molecular weight excluding hydrogens is 432 g/mol. The molecule has 2 amide bonds. The lowest BCUT2D eigenvalue weighted by molar-refractivity contribution is -0.122. The fourth-order valence-electron chi connectivity index (χ4n) is 4.03. The lowest BCUT2D eigenvalue weighted by Crippen LogP contribution is -2.45. The first-order valence-corrected chi connectivity index (χ1v) is 12.4. The van der Waals surface area contributed by atoms with Gasteiger partial charge in [0.15, 0.2) is 0 Å². The van der Waals surface area contributed by atoms with Gasteiger partial charge in [0.25, 0.3) is 5.91 Å². The summed E-state index contributed by atoms with van der Waals surface area (Å²) in [6.07, 6.45) is 2.82. The van der Waals surface area contributed by atoms with Crippen molar-refractivity contribution in [2.75, 3.05) is 57.8 Å². The van der Waals surface area contributed by atoms with Crippen LogP contribution in [-0.2, 0) is 9.59 Å². The topological polar surface area (TPSA) is 55.9 Å². The Bertz CT molecular complexity index is 1010. The van der Waals surface area contributed by atoms with Crippen molar-refractivity contribution >= 4 is 35.3 Å². The van der Waals surface area contributed by atoms with Gasteiger partial charge >= 0.3 is 0 Å². The SMILES string of the molecule is Cc1ccc(/C=C2/Sc3ccccc3N(CC(=O)NCCCN3CCN(C)CC3)C2=O)cc1. The zero-order valence-corrected chi connectivity index (χ0v) is 20.2. The van der Waals surface area contributed by atoms with E-state index in [1.165, 1.54) is 17.3 Å². The quantitative estimate of drug-likeness (QED) is 0.504. The summed E-state index contributed by atoms with van der Waals surface area (Å²) in [6, 6.07) is 15.9. The van der Waals surface area contributed by atoms with E-state index in [9.17, 15) is 9.59 Å². The number of hydrogen-bond donors (Lipinski definition) is 1. The van der Waals surface area contributed by atoms with Crippen molar-refractivity contribution in [3.05, 3.63) is 64.6 Å². The molecule has 6 nitrogen and oxygen atoms in total. The normalized spacial score (nSPS) is 18.4. The first-order valence-electron chi connectivity index (χ1n) is 11.5. The molecule has 7 heteroatoms. The van der Waals surface area contributed by atoms with Crippen LogP contribution < -0.4 is 10.2 Å². The minimum Gasteiger partial charge on any atom is -0.355 e. The van der Waals surface area contributed by atoms with Crippen molar-refractivity contribution in [3.8, 4) is 0 Å². The number of piperazine rings is 1. The van der Waals surface area contributed by atoms with Gasteiger partial charge in [0.2, 0.25) is 5.91 Å². The lowest BCUT2D eigenvalue weighted by Gasteiger charge is -2.32. The maximum absolute atomic E-state index is 13.3. The highest BCUT2D eigenvalue weighted by Gasteiger charge is 2.30. The number of carbonyl (C=O) groups is 2. The highest BCUT2D eigenvalue weighted by molar-refractivity contribution is 8.04. The number of carbonyl (C=O) groups excluding carboxylic acids is 2. The van der Waals surface area contributed by atoms with E-state index >= 15 is 0 Å². The maximum Gasteiger partial charge on any atom is 0.265 e. The molecule has 1 N–H and O–H groups in total. The van der Waals surface area contributed by atoms with Crippen LogP contribution in [-0.4, -0.2) is 74.5 Å². The summed E-state index contributed by atoms with van der Waals surface area (Å²) in [5.41, 5.74) is 2.95. The summed E-state index contributed by atoms with van der Waals surface area (Å²) in [5.74, 6) is -0.259. The van der Waals surface area contributed by atoms with Crippen molar-refractivity contribution in [2.45, 2.75) is 18.2 Å². The summed E-state index contributed by atoms with van der Waals surface area (Å²) in [4.78, 5) is 34.0. The number of para-hydroxylation sites is 1. The van der Waals surface area contributed by atoms with Crippen LogP contribution in [0, 0.1) is 6.92 Å². The van der Waals surface area contributed by atoms with Crippen molar-refractivity contribution in [3.63, 3.8) is 0 Å². The maximum atomic E-state index is 13.3.